The second-order valence-electron chi connectivity index (χ2n) is 6.72. The van der Waals surface area contributed by atoms with Gasteiger partial charge in [0.25, 0.3) is 0 Å². The fourth-order valence-electron chi connectivity index (χ4n) is 3.73. The number of nitrogens with zero attached hydrogens (tertiary/aromatic N) is 7. The molecule has 7 heteroatoms. The zero-order valence-corrected chi connectivity index (χ0v) is 15.3. The summed E-state index contributed by atoms with van der Waals surface area (Å²) in [5.74, 6) is 1.72. The fraction of sp³-hybridized carbons (Fsp3) is 0.143. The Balaban J connectivity index is 1.54. The first-order chi connectivity index (χ1) is 13.7. The molecule has 1 aliphatic rings. The van der Waals surface area contributed by atoms with E-state index in [4.69, 9.17) is 5.26 Å². The van der Waals surface area contributed by atoms with Gasteiger partial charge in [-0.05, 0) is 49.2 Å². The molecule has 136 valence electrons. The van der Waals surface area contributed by atoms with Gasteiger partial charge >= 0.3 is 0 Å². The summed E-state index contributed by atoms with van der Waals surface area (Å²) in [5, 5.41) is 18.0. The van der Waals surface area contributed by atoms with E-state index in [-0.39, 0.29) is 0 Å². The Kier molecular flexibility index (Phi) is 3.69. The number of aromatic nitrogens is 5. The van der Waals surface area contributed by atoms with Crippen LogP contribution in [-0.4, -0.2) is 31.1 Å². The van der Waals surface area contributed by atoms with Crippen LogP contribution in [0.2, 0.25) is 0 Å². The van der Waals surface area contributed by atoms with Crippen LogP contribution in [0.4, 0.5) is 11.5 Å². The molecule has 4 heterocycles. The van der Waals surface area contributed by atoms with Crippen molar-refractivity contribution < 1.29 is 0 Å². The van der Waals surface area contributed by atoms with Gasteiger partial charge in [0, 0.05) is 48.6 Å². The molecule has 0 saturated heterocycles. The van der Waals surface area contributed by atoms with E-state index >= 15 is 0 Å². The first-order valence-electron chi connectivity index (χ1n) is 9.07. The Labute approximate surface area is 162 Å². The number of benzene rings is 1. The average Bonchev–Trinajstić information content (AvgIpc) is 3.46. The molecule has 4 aromatic rings. The summed E-state index contributed by atoms with van der Waals surface area (Å²) in [7, 11) is 0. The van der Waals surface area contributed by atoms with Crippen molar-refractivity contribution in [3.8, 4) is 17.6 Å². The van der Waals surface area contributed by atoms with E-state index in [9.17, 15) is 0 Å². The van der Waals surface area contributed by atoms with Gasteiger partial charge in [-0.3, -0.25) is 0 Å². The van der Waals surface area contributed by atoms with E-state index in [0.29, 0.717) is 5.56 Å². The number of anilines is 2. The summed E-state index contributed by atoms with van der Waals surface area (Å²) < 4.78 is 3.62. The van der Waals surface area contributed by atoms with Crippen LogP contribution in [0.15, 0.2) is 61.2 Å². The number of hydrogen-bond donors (Lipinski definition) is 0. The number of nitriles is 1. The number of fused-ring (bicyclic) bond motifs is 1. The first-order valence-corrected chi connectivity index (χ1v) is 9.07. The molecule has 5 rings (SSSR count). The summed E-state index contributed by atoms with van der Waals surface area (Å²) in [4.78, 5) is 6.86. The second kappa shape index (κ2) is 6.35. The fourth-order valence-corrected chi connectivity index (χ4v) is 3.73. The van der Waals surface area contributed by atoms with Crippen molar-refractivity contribution in [3.63, 3.8) is 0 Å². The van der Waals surface area contributed by atoms with Crippen molar-refractivity contribution in [1.29, 1.82) is 5.26 Å². The SMILES string of the molecule is Cc1cc(C#N)ccc1N1CCc2c(-n3ccc(-n4cccn4)n3)ccnc21. The molecular formula is C21H17N7. The lowest BCUT2D eigenvalue weighted by Gasteiger charge is -2.21. The Morgan fingerprint density at radius 3 is 2.75 bits per heavy atom. The molecule has 0 saturated carbocycles. The van der Waals surface area contributed by atoms with E-state index in [1.807, 2.05) is 66.6 Å². The van der Waals surface area contributed by atoms with Gasteiger partial charge in [0.05, 0.1) is 17.3 Å². The lowest BCUT2D eigenvalue weighted by Crippen LogP contribution is -2.15. The van der Waals surface area contributed by atoms with Crippen LogP contribution in [0, 0.1) is 18.3 Å². The van der Waals surface area contributed by atoms with Gasteiger partial charge in [-0.15, -0.1) is 5.10 Å². The van der Waals surface area contributed by atoms with Crippen LogP contribution in [-0.2, 0) is 6.42 Å². The highest BCUT2D eigenvalue weighted by Crippen LogP contribution is 2.37. The Morgan fingerprint density at radius 1 is 1.04 bits per heavy atom. The zero-order valence-electron chi connectivity index (χ0n) is 15.3. The molecule has 0 radical (unpaired) electrons. The largest absolute Gasteiger partial charge is 0.326 e. The first kappa shape index (κ1) is 16.3. The highest BCUT2D eigenvalue weighted by Gasteiger charge is 2.26. The Bertz CT molecular complexity index is 1200. The second-order valence-corrected chi connectivity index (χ2v) is 6.72. The molecule has 0 unspecified atom stereocenters. The molecule has 0 N–H and O–H groups in total. The summed E-state index contributed by atoms with van der Waals surface area (Å²) >= 11 is 0. The predicted molar refractivity (Wildman–Crippen MR) is 105 cm³/mol. The number of rotatable bonds is 3. The molecule has 0 spiro atoms. The number of pyridine rings is 1. The minimum absolute atomic E-state index is 0.671. The van der Waals surface area contributed by atoms with Gasteiger partial charge in [0.1, 0.15) is 5.82 Å². The smallest absolute Gasteiger partial charge is 0.175 e. The van der Waals surface area contributed by atoms with Crippen molar-refractivity contribution in [2.75, 3.05) is 11.4 Å². The maximum atomic E-state index is 9.12. The average molecular weight is 367 g/mol. The normalized spacial score (nSPS) is 12.8. The van der Waals surface area contributed by atoms with Crippen molar-refractivity contribution >= 4 is 11.5 Å². The Morgan fingerprint density at radius 2 is 1.96 bits per heavy atom. The highest BCUT2D eigenvalue weighted by molar-refractivity contribution is 5.72. The molecule has 7 nitrogen and oxygen atoms in total. The molecule has 0 fully saturated rings. The van der Waals surface area contributed by atoms with Crippen LogP contribution in [0.25, 0.3) is 11.5 Å². The van der Waals surface area contributed by atoms with Gasteiger partial charge in [0.2, 0.25) is 0 Å². The van der Waals surface area contributed by atoms with E-state index in [2.05, 4.69) is 26.2 Å². The number of hydrogen-bond acceptors (Lipinski definition) is 5. The third kappa shape index (κ3) is 2.55. The maximum Gasteiger partial charge on any atom is 0.175 e. The van der Waals surface area contributed by atoms with Crippen molar-refractivity contribution in [2.24, 2.45) is 0 Å². The summed E-state index contributed by atoms with van der Waals surface area (Å²) in [5.41, 5.74) is 5.02. The van der Waals surface area contributed by atoms with Gasteiger partial charge in [-0.2, -0.15) is 10.4 Å². The third-order valence-electron chi connectivity index (χ3n) is 5.03. The topological polar surface area (TPSA) is 75.6 Å². The highest BCUT2D eigenvalue weighted by atomic mass is 15.4. The lowest BCUT2D eigenvalue weighted by molar-refractivity contribution is 0.789. The summed E-state index contributed by atoms with van der Waals surface area (Å²) in [6, 6.07) is 13.8. The molecule has 28 heavy (non-hydrogen) atoms. The summed E-state index contributed by atoms with van der Waals surface area (Å²) in [6.07, 6.45) is 8.26. The van der Waals surface area contributed by atoms with Crippen LogP contribution in [0.3, 0.4) is 0 Å². The van der Waals surface area contributed by atoms with Gasteiger partial charge < -0.3 is 4.90 Å². The van der Waals surface area contributed by atoms with E-state index < -0.39 is 0 Å². The van der Waals surface area contributed by atoms with Gasteiger partial charge in [-0.25, -0.2) is 14.3 Å². The lowest BCUT2D eigenvalue weighted by atomic mass is 10.1. The van der Waals surface area contributed by atoms with Crippen molar-refractivity contribution in [2.45, 2.75) is 13.3 Å². The predicted octanol–water partition coefficient (Wildman–Crippen LogP) is 3.33. The monoisotopic (exact) mass is 367 g/mol. The number of aryl methyl sites for hydroxylation is 1. The van der Waals surface area contributed by atoms with Gasteiger partial charge in [0.15, 0.2) is 5.82 Å². The molecular weight excluding hydrogens is 350 g/mol. The molecule has 1 aliphatic heterocycles. The molecule has 0 aliphatic carbocycles. The molecule has 0 atom stereocenters. The molecule has 0 bridgehead atoms. The van der Waals surface area contributed by atoms with Crippen LogP contribution < -0.4 is 4.90 Å². The summed E-state index contributed by atoms with van der Waals surface area (Å²) in [6.45, 7) is 2.88. The van der Waals surface area contributed by atoms with Gasteiger partial charge in [-0.1, -0.05) is 0 Å². The molecule has 0 amide bonds. The van der Waals surface area contributed by atoms with Crippen LogP contribution in [0.1, 0.15) is 16.7 Å². The Hall–Kier alpha value is -3.92. The maximum absolute atomic E-state index is 9.12. The molecule has 3 aromatic heterocycles. The van der Waals surface area contributed by atoms with Crippen molar-refractivity contribution in [3.05, 3.63) is 77.9 Å². The van der Waals surface area contributed by atoms with E-state index in [1.54, 1.807) is 10.9 Å². The third-order valence-corrected chi connectivity index (χ3v) is 5.03. The van der Waals surface area contributed by atoms with E-state index in [1.165, 1.54) is 5.56 Å². The minimum atomic E-state index is 0.671. The minimum Gasteiger partial charge on any atom is -0.326 e. The quantitative estimate of drug-likeness (QED) is 0.555. The van der Waals surface area contributed by atoms with Crippen molar-refractivity contribution in [1.82, 2.24) is 24.5 Å². The van der Waals surface area contributed by atoms with Crippen LogP contribution >= 0.6 is 0 Å². The van der Waals surface area contributed by atoms with Crippen LogP contribution in [0.5, 0.6) is 0 Å². The zero-order chi connectivity index (χ0) is 19.1. The van der Waals surface area contributed by atoms with E-state index in [0.717, 1.165) is 41.5 Å². The standard InChI is InChI=1S/C21H17N7/c1-15-13-16(14-22)3-4-18(15)26-11-6-17-19(5-9-23-21(17)26)27-12-7-20(25-27)28-10-2-8-24-28/h2-5,7-10,12-13H,6,11H2,1H3. The molecule has 1 aromatic carbocycles.